The van der Waals surface area contributed by atoms with Crippen molar-refractivity contribution in [3.8, 4) is 0 Å². The number of carbonyl (C=O) groups is 1. The largest absolute Gasteiger partial charge is 0.354 e. The lowest BCUT2D eigenvalue weighted by Gasteiger charge is -2.03. The monoisotopic (exact) mass is 215 g/mol. The molecule has 82 valence electrons. The van der Waals surface area contributed by atoms with E-state index in [4.69, 9.17) is 5.73 Å². The maximum atomic E-state index is 11.4. The molecule has 0 bridgehead atoms. The quantitative estimate of drug-likeness (QED) is 0.786. The Morgan fingerprint density at radius 1 is 1.38 bits per heavy atom. The first-order valence-electron chi connectivity index (χ1n) is 5.05. The third-order valence-electron chi connectivity index (χ3n) is 2.48. The number of nitrogens with two attached hydrogens (primary N) is 1. The van der Waals surface area contributed by atoms with Gasteiger partial charge in [-0.3, -0.25) is 9.78 Å². The number of pyridine rings is 1. The van der Waals surface area contributed by atoms with Gasteiger partial charge in [0, 0.05) is 25.2 Å². The van der Waals surface area contributed by atoms with Gasteiger partial charge in [-0.25, -0.2) is 0 Å². The van der Waals surface area contributed by atoms with E-state index in [1.807, 2.05) is 18.2 Å². The first kappa shape index (κ1) is 10.6. The summed E-state index contributed by atoms with van der Waals surface area (Å²) in [6.07, 6.45) is 1.69. The van der Waals surface area contributed by atoms with E-state index < -0.39 is 0 Å². The minimum atomic E-state index is -0.176. The van der Waals surface area contributed by atoms with Crippen LogP contribution in [-0.4, -0.2) is 17.9 Å². The number of hydrogen-bond acceptors (Lipinski definition) is 3. The molecule has 4 heteroatoms. The Hall–Kier alpha value is -1.94. The van der Waals surface area contributed by atoms with Crippen molar-refractivity contribution in [1.29, 1.82) is 0 Å². The average Bonchev–Trinajstić information content (AvgIpc) is 2.36. The van der Waals surface area contributed by atoms with Crippen LogP contribution in [0.1, 0.15) is 16.1 Å². The van der Waals surface area contributed by atoms with Gasteiger partial charge in [0.25, 0.3) is 5.91 Å². The molecule has 0 spiro atoms. The fourth-order valence-electron chi connectivity index (χ4n) is 1.57. The van der Waals surface area contributed by atoms with Gasteiger partial charge < -0.3 is 11.1 Å². The molecular formula is C12H13N3O. The fraction of sp³-hybridized carbons (Fsp3) is 0.167. The number of carbonyl (C=O) groups excluding carboxylic acids is 1. The van der Waals surface area contributed by atoms with Crippen molar-refractivity contribution in [2.45, 2.75) is 6.54 Å². The minimum absolute atomic E-state index is 0.176. The molecule has 4 nitrogen and oxygen atoms in total. The van der Waals surface area contributed by atoms with E-state index in [1.165, 1.54) is 0 Å². The molecule has 0 saturated heterocycles. The maximum Gasteiger partial charge on any atom is 0.269 e. The maximum absolute atomic E-state index is 11.4. The molecule has 1 aromatic carbocycles. The molecule has 0 atom stereocenters. The topological polar surface area (TPSA) is 68.0 Å². The van der Waals surface area contributed by atoms with Crippen LogP contribution in [0.25, 0.3) is 10.8 Å². The molecule has 2 rings (SSSR count). The van der Waals surface area contributed by atoms with Crippen LogP contribution in [0.15, 0.2) is 30.5 Å². The smallest absolute Gasteiger partial charge is 0.269 e. The molecule has 1 amide bonds. The summed E-state index contributed by atoms with van der Waals surface area (Å²) >= 11 is 0. The van der Waals surface area contributed by atoms with Gasteiger partial charge in [0.1, 0.15) is 5.69 Å². The van der Waals surface area contributed by atoms with Crippen molar-refractivity contribution in [2.24, 2.45) is 5.73 Å². The summed E-state index contributed by atoms with van der Waals surface area (Å²) in [7, 11) is 1.59. The fourth-order valence-corrected chi connectivity index (χ4v) is 1.57. The molecule has 16 heavy (non-hydrogen) atoms. The van der Waals surface area contributed by atoms with Gasteiger partial charge in [0.05, 0.1) is 0 Å². The van der Waals surface area contributed by atoms with E-state index in [0.29, 0.717) is 12.2 Å². The number of aromatic nitrogens is 1. The van der Waals surface area contributed by atoms with E-state index in [9.17, 15) is 4.79 Å². The summed E-state index contributed by atoms with van der Waals surface area (Å²) in [5.41, 5.74) is 7.04. The third kappa shape index (κ3) is 1.87. The molecule has 0 aliphatic heterocycles. The summed E-state index contributed by atoms with van der Waals surface area (Å²) in [6.45, 7) is 0.507. The molecule has 1 aromatic heterocycles. The summed E-state index contributed by atoms with van der Waals surface area (Å²) < 4.78 is 0. The molecule has 2 aromatic rings. The Morgan fingerprint density at radius 2 is 2.19 bits per heavy atom. The highest BCUT2D eigenvalue weighted by Gasteiger charge is 2.05. The molecular weight excluding hydrogens is 202 g/mol. The molecule has 3 N–H and O–H groups in total. The van der Waals surface area contributed by atoms with Crippen molar-refractivity contribution in [3.05, 3.63) is 41.7 Å². The minimum Gasteiger partial charge on any atom is -0.354 e. The summed E-state index contributed by atoms with van der Waals surface area (Å²) in [4.78, 5) is 15.5. The average molecular weight is 215 g/mol. The Bertz CT molecular complexity index is 537. The van der Waals surface area contributed by atoms with Crippen LogP contribution in [0.4, 0.5) is 0 Å². The number of benzene rings is 1. The van der Waals surface area contributed by atoms with Crippen LogP contribution < -0.4 is 11.1 Å². The summed E-state index contributed by atoms with van der Waals surface area (Å²) in [5.74, 6) is -0.176. The number of fused-ring (bicyclic) bond motifs is 1. The molecule has 0 unspecified atom stereocenters. The van der Waals surface area contributed by atoms with E-state index >= 15 is 0 Å². The highest BCUT2D eigenvalue weighted by atomic mass is 16.1. The first-order chi connectivity index (χ1) is 7.74. The molecule has 0 radical (unpaired) electrons. The van der Waals surface area contributed by atoms with Crippen LogP contribution in [0.2, 0.25) is 0 Å². The van der Waals surface area contributed by atoms with Crippen LogP contribution in [0, 0.1) is 0 Å². The number of nitrogens with zero attached hydrogens (tertiary/aromatic N) is 1. The second-order valence-corrected chi connectivity index (χ2v) is 3.53. The van der Waals surface area contributed by atoms with Crippen LogP contribution >= 0.6 is 0 Å². The second kappa shape index (κ2) is 4.28. The van der Waals surface area contributed by atoms with Gasteiger partial charge in [-0.2, -0.15) is 0 Å². The van der Waals surface area contributed by atoms with Gasteiger partial charge in [0.15, 0.2) is 0 Å². The first-order valence-corrected chi connectivity index (χ1v) is 5.05. The van der Waals surface area contributed by atoms with Gasteiger partial charge in [-0.1, -0.05) is 12.1 Å². The van der Waals surface area contributed by atoms with Crippen molar-refractivity contribution >= 4 is 16.7 Å². The predicted octanol–water partition coefficient (Wildman–Crippen LogP) is 1.05. The van der Waals surface area contributed by atoms with Crippen molar-refractivity contribution < 1.29 is 4.79 Å². The predicted molar refractivity (Wildman–Crippen MR) is 63.0 cm³/mol. The summed E-state index contributed by atoms with van der Waals surface area (Å²) in [6, 6.07) is 7.66. The zero-order chi connectivity index (χ0) is 11.5. The van der Waals surface area contributed by atoms with Gasteiger partial charge in [-0.15, -0.1) is 0 Å². The highest BCUT2D eigenvalue weighted by molar-refractivity contribution is 5.96. The Labute approximate surface area is 93.5 Å². The lowest BCUT2D eigenvalue weighted by molar-refractivity contribution is 0.0958. The van der Waals surface area contributed by atoms with Crippen molar-refractivity contribution in [2.75, 3.05) is 7.05 Å². The van der Waals surface area contributed by atoms with Gasteiger partial charge in [0.2, 0.25) is 0 Å². The zero-order valence-corrected chi connectivity index (χ0v) is 9.03. The Kier molecular flexibility index (Phi) is 2.83. The standard InChI is InChI=1S/C12H13N3O/c1-14-12(16)11-5-9-3-2-8(6-13)4-10(9)7-15-11/h2-5,7H,6,13H2,1H3,(H,14,16). The van der Waals surface area contributed by atoms with Gasteiger partial charge in [-0.05, 0) is 23.1 Å². The Balaban J connectivity index is 2.51. The van der Waals surface area contributed by atoms with Crippen LogP contribution in [-0.2, 0) is 6.54 Å². The van der Waals surface area contributed by atoms with Crippen LogP contribution in [0.3, 0.4) is 0 Å². The van der Waals surface area contributed by atoms with Crippen molar-refractivity contribution in [1.82, 2.24) is 10.3 Å². The molecule has 0 aliphatic rings. The zero-order valence-electron chi connectivity index (χ0n) is 9.03. The molecule has 1 heterocycles. The molecule has 0 fully saturated rings. The third-order valence-corrected chi connectivity index (χ3v) is 2.48. The normalized spacial score (nSPS) is 10.4. The number of nitrogens with one attached hydrogen (secondary N) is 1. The van der Waals surface area contributed by atoms with E-state index in [1.54, 1.807) is 19.3 Å². The van der Waals surface area contributed by atoms with Crippen molar-refractivity contribution in [3.63, 3.8) is 0 Å². The van der Waals surface area contributed by atoms with E-state index in [0.717, 1.165) is 16.3 Å². The highest BCUT2D eigenvalue weighted by Crippen LogP contribution is 2.16. The lowest BCUT2D eigenvalue weighted by Crippen LogP contribution is -2.18. The lowest BCUT2D eigenvalue weighted by atomic mass is 10.1. The number of rotatable bonds is 2. The SMILES string of the molecule is CNC(=O)c1cc2ccc(CN)cc2cn1. The molecule has 0 saturated carbocycles. The Morgan fingerprint density at radius 3 is 2.88 bits per heavy atom. The second-order valence-electron chi connectivity index (χ2n) is 3.53. The van der Waals surface area contributed by atoms with Gasteiger partial charge >= 0.3 is 0 Å². The van der Waals surface area contributed by atoms with Crippen LogP contribution in [0.5, 0.6) is 0 Å². The number of amides is 1. The molecule has 0 aliphatic carbocycles. The number of hydrogen-bond donors (Lipinski definition) is 2. The summed E-state index contributed by atoms with van der Waals surface area (Å²) in [5, 5.41) is 4.53. The van der Waals surface area contributed by atoms with E-state index in [-0.39, 0.29) is 5.91 Å². The van der Waals surface area contributed by atoms with E-state index in [2.05, 4.69) is 10.3 Å².